The van der Waals surface area contributed by atoms with Crippen LogP contribution in [0.25, 0.3) is 0 Å². The summed E-state index contributed by atoms with van der Waals surface area (Å²) in [5, 5.41) is 2.35. The molecule has 0 unspecified atom stereocenters. The number of primary amides is 1. The molecule has 15 heavy (non-hydrogen) atoms. The van der Waals surface area contributed by atoms with Crippen molar-refractivity contribution in [3.8, 4) is 0 Å². The Morgan fingerprint density at radius 3 is 2.60 bits per heavy atom. The Morgan fingerprint density at radius 1 is 1.40 bits per heavy atom. The number of nitrogen functional groups attached to an aromatic ring is 1. The first kappa shape index (κ1) is 11.5. The van der Waals surface area contributed by atoms with E-state index >= 15 is 0 Å². The van der Waals surface area contributed by atoms with Crippen molar-refractivity contribution < 1.29 is 9.59 Å². The van der Waals surface area contributed by atoms with Gasteiger partial charge in [0.05, 0.1) is 12.1 Å². The minimum absolute atomic E-state index is 0.200. The van der Waals surface area contributed by atoms with Gasteiger partial charge in [-0.15, -0.1) is 0 Å². The highest BCUT2D eigenvalue weighted by Gasteiger charge is 2.09. The highest BCUT2D eigenvalue weighted by atomic mass is 79.9. The average molecular weight is 272 g/mol. The Bertz CT molecular complexity index is 406. The summed E-state index contributed by atoms with van der Waals surface area (Å²) in [6.45, 7) is -0.200. The summed E-state index contributed by atoms with van der Waals surface area (Å²) in [7, 11) is 0. The van der Waals surface area contributed by atoms with Crippen molar-refractivity contribution >= 4 is 33.4 Å². The molecule has 0 aliphatic rings. The van der Waals surface area contributed by atoms with Crippen molar-refractivity contribution in [2.24, 2.45) is 5.73 Å². The lowest BCUT2D eigenvalue weighted by Crippen LogP contribution is -2.33. The van der Waals surface area contributed by atoms with Gasteiger partial charge in [0.15, 0.2) is 0 Å². The van der Waals surface area contributed by atoms with Gasteiger partial charge in [0.25, 0.3) is 5.91 Å². The van der Waals surface area contributed by atoms with E-state index in [0.29, 0.717) is 11.3 Å². The topological polar surface area (TPSA) is 98.2 Å². The second kappa shape index (κ2) is 4.79. The predicted molar refractivity (Wildman–Crippen MR) is 60.1 cm³/mol. The number of halogens is 1. The summed E-state index contributed by atoms with van der Waals surface area (Å²) in [6, 6.07) is 4.87. The largest absolute Gasteiger partial charge is 0.398 e. The number of carbonyl (C=O) groups is 2. The number of carbonyl (C=O) groups excluding carboxylic acids is 2. The summed E-state index contributed by atoms with van der Waals surface area (Å²) in [6.07, 6.45) is 0. The summed E-state index contributed by atoms with van der Waals surface area (Å²) in [5.74, 6) is -1.02. The van der Waals surface area contributed by atoms with Crippen LogP contribution in [0.4, 0.5) is 5.69 Å². The highest BCUT2D eigenvalue weighted by molar-refractivity contribution is 9.10. The molecule has 1 aromatic rings. The molecule has 0 saturated heterocycles. The van der Waals surface area contributed by atoms with E-state index in [9.17, 15) is 9.59 Å². The molecule has 1 rings (SSSR count). The molecule has 6 heteroatoms. The third kappa shape index (κ3) is 3.25. The lowest BCUT2D eigenvalue weighted by Gasteiger charge is -2.05. The molecule has 1 aromatic carbocycles. The number of amides is 2. The molecule has 0 aliphatic carbocycles. The Kier molecular flexibility index (Phi) is 3.68. The molecule has 0 radical (unpaired) electrons. The van der Waals surface area contributed by atoms with Gasteiger partial charge in [0.1, 0.15) is 0 Å². The predicted octanol–water partition coefficient (Wildman–Crippen LogP) is 0.246. The summed E-state index contributed by atoms with van der Waals surface area (Å²) >= 11 is 3.22. The molecule has 0 atom stereocenters. The molecule has 2 amide bonds. The van der Waals surface area contributed by atoms with E-state index in [-0.39, 0.29) is 6.54 Å². The molecular weight excluding hydrogens is 262 g/mol. The van der Waals surface area contributed by atoms with Gasteiger partial charge in [0, 0.05) is 10.2 Å². The quantitative estimate of drug-likeness (QED) is 0.687. The van der Waals surface area contributed by atoms with Crippen LogP contribution in [0.2, 0.25) is 0 Å². The van der Waals surface area contributed by atoms with E-state index in [1.807, 2.05) is 0 Å². The van der Waals surface area contributed by atoms with Crippen LogP contribution in [0, 0.1) is 0 Å². The van der Waals surface area contributed by atoms with E-state index in [1.165, 1.54) is 0 Å². The molecule has 0 aliphatic heterocycles. The molecule has 5 N–H and O–H groups in total. The maximum atomic E-state index is 11.5. The van der Waals surface area contributed by atoms with Crippen LogP contribution >= 0.6 is 15.9 Å². The maximum absolute atomic E-state index is 11.5. The number of benzene rings is 1. The zero-order chi connectivity index (χ0) is 11.4. The van der Waals surface area contributed by atoms with Crippen LogP contribution < -0.4 is 16.8 Å². The van der Waals surface area contributed by atoms with Gasteiger partial charge in [-0.3, -0.25) is 9.59 Å². The molecule has 5 nitrogen and oxygen atoms in total. The van der Waals surface area contributed by atoms with Crippen molar-refractivity contribution in [2.75, 3.05) is 12.3 Å². The first-order valence-electron chi connectivity index (χ1n) is 4.12. The zero-order valence-electron chi connectivity index (χ0n) is 7.79. The third-order valence-corrected chi connectivity index (χ3v) is 2.17. The summed E-state index contributed by atoms with van der Waals surface area (Å²) < 4.78 is 0.784. The van der Waals surface area contributed by atoms with E-state index in [2.05, 4.69) is 21.2 Å². The van der Waals surface area contributed by atoms with Gasteiger partial charge in [-0.1, -0.05) is 15.9 Å². The second-order valence-corrected chi connectivity index (χ2v) is 3.80. The normalized spacial score (nSPS) is 9.67. The summed E-state index contributed by atoms with van der Waals surface area (Å²) in [4.78, 5) is 21.9. The first-order valence-corrected chi connectivity index (χ1v) is 4.91. The SMILES string of the molecule is NC(=O)CNC(=O)c1ccc(Br)cc1N. The van der Waals surface area contributed by atoms with Gasteiger partial charge in [-0.2, -0.15) is 0 Å². The third-order valence-electron chi connectivity index (χ3n) is 1.68. The Morgan fingerprint density at radius 2 is 2.07 bits per heavy atom. The molecule has 0 spiro atoms. The maximum Gasteiger partial charge on any atom is 0.253 e. The molecule has 80 valence electrons. The molecule has 0 bridgehead atoms. The number of rotatable bonds is 3. The highest BCUT2D eigenvalue weighted by Crippen LogP contribution is 2.18. The monoisotopic (exact) mass is 271 g/mol. The average Bonchev–Trinajstić information content (AvgIpc) is 2.14. The van der Waals surface area contributed by atoms with Crippen molar-refractivity contribution in [1.82, 2.24) is 5.32 Å². The lowest BCUT2D eigenvalue weighted by atomic mass is 10.1. The fraction of sp³-hybridized carbons (Fsp3) is 0.111. The minimum atomic E-state index is -0.598. The van der Waals surface area contributed by atoms with Crippen molar-refractivity contribution in [3.05, 3.63) is 28.2 Å². The van der Waals surface area contributed by atoms with Gasteiger partial charge in [-0.05, 0) is 18.2 Å². The van der Waals surface area contributed by atoms with Gasteiger partial charge in [0.2, 0.25) is 5.91 Å². The van der Waals surface area contributed by atoms with Gasteiger partial charge >= 0.3 is 0 Å². The fourth-order valence-electron chi connectivity index (χ4n) is 1.00. The van der Waals surface area contributed by atoms with Gasteiger partial charge < -0.3 is 16.8 Å². The van der Waals surface area contributed by atoms with Crippen LogP contribution in [-0.4, -0.2) is 18.4 Å². The minimum Gasteiger partial charge on any atom is -0.398 e. The molecule has 0 aromatic heterocycles. The zero-order valence-corrected chi connectivity index (χ0v) is 9.37. The molecule has 0 saturated carbocycles. The second-order valence-electron chi connectivity index (χ2n) is 2.88. The van der Waals surface area contributed by atoms with Crippen LogP contribution in [0.15, 0.2) is 22.7 Å². The number of nitrogens with one attached hydrogen (secondary N) is 1. The van der Waals surface area contributed by atoms with Crippen molar-refractivity contribution in [1.29, 1.82) is 0 Å². The van der Waals surface area contributed by atoms with Gasteiger partial charge in [-0.25, -0.2) is 0 Å². The van der Waals surface area contributed by atoms with Crippen LogP contribution in [0.1, 0.15) is 10.4 Å². The number of hydrogen-bond acceptors (Lipinski definition) is 3. The van der Waals surface area contributed by atoms with E-state index < -0.39 is 11.8 Å². The van der Waals surface area contributed by atoms with Crippen molar-refractivity contribution in [2.45, 2.75) is 0 Å². The Balaban J connectivity index is 2.78. The van der Waals surface area contributed by atoms with Crippen LogP contribution in [0.5, 0.6) is 0 Å². The Hall–Kier alpha value is -1.56. The molecule has 0 fully saturated rings. The number of nitrogens with two attached hydrogens (primary N) is 2. The smallest absolute Gasteiger partial charge is 0.253 e. The summed E-state index contributed by atoms with van der Waals surface area (Å²) in [5.41, 5.74) is 11.2. The van der Waals surface area contributed by atoms with E-state index in [0.717, 1.165) is 4.47 Å². The fourth-order valence-corrected chi connectivity index (χ4v) is 1.38. The molecular formula is C9H10BrN3O2. The lowest BCUT2D eigenvalue weighted by molar-refractivity contribution is -0.117. The molecule has 0 heterocycles. The first-order chi connectivity index (χ1) is 7.00. The van der Waals surface area contributed by atoms with Crippen LogP contribution in [-0.2, 0) is 4.79 Å². The van der Waals surface area contributed by atoms with E-state index in [4.69, 9.17) is 11.5 Å². The van der Waals surface area contributed by atoms with Crippen LogP contribution in [0.3, 0.4) is 0 Å². The number of anilines is 1. The standard InChI is InChI=1S/C9H10BrN3O2/c10-5-1-2-6(7(11)3-5)9(15)13-4-8(12)14/h1-3H,4,11H2,(H2,12,14)(H,13,15). The van der Waals surface area contributed by atoms with Crippen molar-refractivity contribution in [3.63, 3.8) is 0 Å². The Labute approximate surface area is 94.9 Å². The number of hydrogen-bond donors (Lipinski definition) is 3. The van der Waals surface area contributed by atoms with E-state index in [1.54, 1.807) is 18.2 Å².